The molecule has 3 aromatic rings. The van der Waals surface area contributed by atoms with Crippen molar-refractivity contribution in [2.24, 2.45) is 0 Å². The van der Waals surface area contributed by atoms with Crippen LogP contribution in [0.15, 0.2) is 48.5 Å². The quantitative estimate of drug-likeness (QED) is 0.621. The largest absolute Gasteiger partial charge is 0.469 e. The number of hydrogen-bond donors (Lipinski definition) is 1. The zero-order valence-electron chi connectivity index (χ0n) is 15.7. The van der Waals surface area contributed by atoms with Crippen LogP contribution in [0.3, 0.4) is 0 Å². The lowest BCUT2D eigenvalue weighted by Gasteiger charge is -2.40. The maximum absolute atomic E-state index is 6.64. The lowest BCUT2D eigenvalue weighted by molar-refractivity contribution is 0.130. The Morgan fingerprint density at radius 1 is 1.18 bits per heavy atom. The molecule has 0 bridgehead atoms. The third-order valence-electron chi connectivity index (χ3n) is 5.99. The Balaban J connectivity index is 1.62. The molecule has 0 amide bonds. The topological polar surface area (TPSA) is 31.5 Å². The molecular formula is C22H22ClN3OS. The first-order valence-corrected chi connectivity index (χ1v) is 10.4. The van der Waals surface area contributed by atoms with E-state index >= 15 is 0 Å². The number of thiocarbonyl (C=S) groups is 1. The number of ether oxygens (including phenoxy) is 1. The number of nitrogens with zero attached hydrogens (tertiary/aromatic N) is 2. The van der Waals surface area contributed by atoms with E-state index in [1.807, 2.05) is 12.1 Å². The smallest absolute Gasteiger partial charge is 0.260 e. The van der Waals surface area contributed by atoms with Crippen LogP contribution in [0, 0.1) is 0 Å². The van der Waals surface area contributed by atoms with Gasteiger partial charge in [0.2, 0.25) is 0 Å². The van der Waals surface area contributed by atoms with Crippen molar-refractivity contribution < 1.29 is 4.74 Å². The summed E-state index contributed by atoms with van der Waals surface area (Å²) in [5.41, 5.74) is 4.99. The molecule has 0 spiro atoms. The van der Waals surface area contributed by atoms with Crippen LogP contribution in [0.25, 0.3) is 10.9 Å². The maximum atomic E-state index is 6.64. The molecule has 2 aliphatic heterocycles. The molecule has 0 radical (unpaired) electrons. The van der Waals surface area contributed by atoms with E-state index in [0.29, 0.717) is 11.8 Å². The number of benzene rings is 2. The molecule has 2 atom stereocenters. The van der Waals surface area contributed by atoms with Crippen LogP contribution in [-0.4, -0.2) is 46.3 Å². The summed E-state index contributed by atoms with van der Waals surface area (Å²) in [4.78, 5) is 8.29. The monoisotopic (exact) mass is 411 g/mol. The molecular weight excluding hydrogens is 390 g/mol. The van der Waals surface area contributed by atoms with Crippen LogP contribution >= 0.6 is 23.8 Å². The molecule has 2 aliphatic rings. The molecule has 0 saturated carbocycles. The highest BCUT2D eigenvalue weighted by atomic mass is 35.5. The van der Waals surface area contributed by atoms with Gasteiger partial charge in [-0.3, -0.25) is 4.90 Å². The minimum absolute atomic E-state index is 0.202. The number of nitrogens with one attached hydrogen (secondary N) is 1. The highest BCUT2D eigenvalue weighted by molar-refractivity contribution is 7.80. The normalized spacial score (nSPS) is 22.5. The van der Waals surface area contributed by atoms with Crippen LogP contribution in [0.4, 0.5) is 0 Å². The van der Waals surface area contributed by atoms with Gasteiger partial charge < -0.3 is 14.6 Å². The first-order chi connectivity index (χ1) is 13.6. The van der Waals surface area contributed by atoms with Crippen LogP contribution < -0.4 is 0 Å². The summed E-state index contributed by atoms with van der Waals surface area (Å²) < 4.78 is 5.49. The molecule has 2 aromatic carbocycles. The Morgan fingerprint density at radius 3 is 2.75 bits per heavy atom. The van der Waals surface area contributed by atoms with Crippen LogP contribution in [0.1, 0.15) is 35.7 Å². The summed E-state index contributed by atoms with van der Waals surface area (Å²) in [6, 6.07) is 17.0. The average Bonchev–Trinajstić information content (AvgIpc) is 3.29. The molecule has 28 heavy (non-hydrogen) atoms. The molecule has 0 unspecified atom stereocenters. The third-order valence-corrected chi connectivity index (χ3v) is 6.71. The standard InChI is InChI=1S/C22H22ClN3OS/c1-14-21-20(16-7-3-5-9-19(16)24-21)17(15-6-2-4-8-18(15)23)12-26(14)13-25-10-11-27-22(25)28/h2-9,14,17,24H,10-13H2,1H3/t14-,17+/m0/s1. The predicted octanol–water partition coefficient (Wildman–Crippen LogP) is 4.90. The zero-order valence-corrected chi connectivity index (χ0v) is 17.3. The van der Waals surface area contributed by atoms with Crippen molar-refractivity contribution in [3.05, 3.63) is 70.4 Å². The highest BCUT2D eigenvalue weighted by Crippen LogP contribution is 2.44. The summed E-state index contributed by atoms with van der Waals surface area (Å²) in [6.07, 6.45) is 0. The van der Waals surface area contributed by atoms with Gasteiger partial charge >= 0.3 is 0 Å². The summed E-state index contributed by atoms with van der Waals surface area (Å²) in [5, 5.41) is 2.70. The van der Waals surface area contributed by atoms with Crippen molar-refractivity contribution in [2.75, 3.05) is 26.4 Å². The number of para-hydroxylation sites is 1. The summed E-state index contributed by atoms with van der Waals surface area (Å²) in [6.45, 7) is 5.43. The van der Waals surface area contributed by atoms with Gasteiger partial charge in [0.25, 0.3) is 5.17 Å². The number of halogens is 1. The zero-order chi connectivity index (χ0) is 19.3. The van der Waals surface area contributed by atoms with Gasteiger partial charge in [-0.25, -0.2) is 0 Å². The second-order valence-electron chi connectivity index (χ2n) is 7.54. The highest BCUT2D eigenvalue weighted by Gasteiger charge is 2.36. The molecule has 1 N–H and O–H groups in total. The van der Waals surface area contributed by atoms with Crippen molar-refractivity contribution in [3.63, 3.8) is 0 Å². The van der Waals surface area contributed by atoms with E-state index < -0.39 is 0 Å². The Hall–Kier alpha value is -2.08. The van der Waals surface area contributed by atoms with E-state index in [2.05, 4.69) is 58.1 Å². The van der Waals surface area contributed by atoms with E-state index in [4.69, 9.17) is 28.6 Å². The van der Waals surface area contributed by atoms with Gasteiger partial charge in [0.1, 0.15) is 6.61 Å². The first kappa shape index (κ1) is 18.0. The number of aromatic nitrogens is 1. The number of rotatable bonds is 3. The van der Waals surface area contributed by atoms with Gasteiger partial charge in [0.15, 0.2) is 0 Å². The molecule has 3 heterocycles. The number of aromatic amines is 1. The van der Waals surface area contributed by atoms with Crippen molar-refractivity contribution in [3.8, 4) is 0 Å². The van der Waals surface area contributed by atoms with Gasteiger partial charge in [-0.1, -0.05) is 48.0 Å². The fourth-order valence-electron chi connectivity index (χ4n) is 4.52. The minimum Gasteiger partial charge on any atom is -0.469 e. The second kappa shape index (κ2) is 7.07. The van der Waals surface area contributed by atoms with Gasteiger partial charge in [-0.15, -0.1) is 0 Å². The fourth-order valence-corrected chi connectivity index (χ4v) is 5.02. The van der Waals surface area contributed by atoms with Crippen molar-refractivity contribution in [2.45, 2.75) is 18.9 Å². The summed E-state index contributed by atoms with van der Waals surface area (Å²) in [5.74, 6) is 0.202. The fraction of sp³-hybridized carbons (Fsp3) is 0.318. The van der Waals surface area contributed by atoms with Gasteiger partial charge in [-0.05, 0) is 42.4 Å². The Labute approximate surface area is 175 Å². The van der Waals surface area contributed by atoms with E-state index in [0.717, 1.165) is 24.8 Å². The average molecular weight is 412 g/mol. The van der Waals surface area contributed by atoms with Crippen molar-refractivity contribution in [1.29, 1.82) is 0 Å². The Bertz CT molecular complexity index is 1050. The number of fused-ring (bicyclic) bond motifs is 3. The van der Waals surface area contributed by atoms with Crippen LogP contribution in [-0.2, 0) is 4.74 Å². The van der Waals surface area contributed by atoms with E-state index in [1.165, 1.54) is 27.7 Å². The van der Waals surface area contributed by atoms with Crippen LogP contribution in [0.5, 0.6) is 0 Å². The molecule has 6 heteroatoms. The summed E-state index contributed by atoms with van der Waals surface area (Å²) >= 11 is 12.0. The SMILES string of the molecule is C[C@H]1c2[nH]c3ccccc3c2[C@@H](c2ccccc2Cl)CN1CN1CCOC1=S. The molecule has 5 rings (SSSR count). The van der Waals surface area contributed by atoms with Gasteiger partial charge in [0, 0.05) is 40.1 Å². The lowest BCUT2D eigenvalue weighted by Crippen LogP contribution is -2.44. The molecule has 0 aliphatic carbocycles. The minimum atomic E-state index is 0.202. The van der Waals surface area contributed by atoms with Gasteiger partial charge in [-0.2, -0.15) is 0 Å². The van der Waals surface area contributed by atoms with E-state index in [1.54, 1.807) is 0 Å². The molecule has 1 saturated heterocycles. The second-order valence-corrected chi connectivity index (χ2v) is 8.30. The van der Waals surface area contributed by atoms with Crippen LogP contribution in [0.2, 0.25) is 5.02 Å². The Kier molecular flexibility index (Phi) is 4.54. The number of hydrogen-bond acceptors (Lipinski definition) is 3. The lowest BCUT2D eigenvalue weighted by atomic mass is 9.84. The molecule has 4 nitrogen and oxygen atoms in total. The summed E-state index contributed by atoms with van der Waals surface area (Å²) in [7, 11) is 0. The molecule has 1 aromatic heterocycles. The van der Waals surface area contributed by atoms with Gasteiger partial charge in [0.05, 0.1) is 13.2 Å². The number of H-pyrrole nitrogens is 1. The predicted molar refractivity (Wildman–Crippen MR) is 117 cm³/mol. The Morgan fingerprint density at radius 2 is 1.96 bits per heavy atom. The van der Waals surface area contributed by atoms with Crippen molar-refractivity contribution in [1.82, 2.24) is 14.8 Å². The van der Waals surface area contributed by atoms with E-state index in [9.17, 15) is 0 Å². The molecule has 1 fully saturated rings. The van der Waals surface area contributed by atoms with E-state index in [-0.39, 0.29) is 12.0 Å². The maximum Gasteiger partial charge on any atom is 0.260 e. The molecule has 144 valence electrons. The third kappa shape index (κ3) is 2.89. The van der Waals surface area contributed by atoms with Crippen molar-refractivity contribution >= 4 is 39.9 Å². The first-order valence-electron chi connectivity index (χ1n) is 9.64.